The number of esters is 1. The minimum atomic E-state index is -0.468. The van der Waals surface area contributed by atoms with Gasteiger partial charge in [-0.15, -0.1) is 0 Å². The van der Waals surface area contributed by atoms with Crippen molar-refractivity contribution < 1.29 is 14.3 Å². The Hall–Kier alpha value is -1.64. The smallest absolute Gasteiger partial charge is 0.313 e. The molecule has 0 aliphatic carbocycles. The predicted octanol–water partition coefficient (Wildman–Crippen LogP) is 2.83. The minimum absolute atomic E-state index is 0.186. The van der Waals surface area contributed by atoms with Crippen molar-refractivity contribution in [3.8, 4) is 0 Å². The average Bonchev–Trinajstić information content (AvgIpc) is 2.15. The van der Waals surface area contributed by atoms with Crippen molar-refractivity contribution in [3.05, 3.63) is 34.9 Å². The lowest BCUT2D eigenvalue weighted by Crippen LogP contribution is -2.16. The zero-order chi connectivity index (χ0) is 13.0. The molecule has 0 radical (unpaired) electrons. The first-order valence-electron chi connectivity index (χ1n) is 5.70. The maximum absolute atomic E-state index is 11.9. The molecule has 0 N–H and O–H groups in total. The molecule has 0 spiro atoms. The average molecular weight is 234 g/mol. The van der Waals surface area contributed by atoms with E-state index in [1.165, 1.54) is 0 Å². The van der Waals surface area contributed by atoms with Crippen LogP contribution in [0.4, 0.5) is 0 Å². The fourth-order valence-electron chi connectivity index (χ4n) is 1.66. The molecule has 0 heterocycles. The molecule has 3 nitrogen and oxygen atoms in total. The van der Waals surface area contributed by atoms with Gasteiger partial charge in [0.2, 0.25) is 0 Å². The summed E-state index contributed by atoms with van der Waals surface area (Å²) < 4.78 is 4.95. The highest BCUT2D eigenvalue weighted by Gasteiger charge is 2.15. The highest BCUT2D eigenvalue weighted by atomic mass is 16.5. The van der Waals surface area contributed by atoms with Gasteiger partial charge in [-0.05, 0) is 33.3 Å². The Kier molecular flexibility index (Phi) is 4.44. The van der Waals surface area contributed by atoms with Crippen LogP contribution in [-0.4, -0.2) is 17.9 Å². The van der Waals surface area contributed by atoms with Gasteiger partial charge in [-0.1, -0.05) is 23.8 Å². The Labute approximate surface area is 102 Å². The Bertz CT molecular complexity index is 433. The van der Waals surface area contributed by atoms with Crippen molar-refractivity contribution in [3.63, 3.8) is 0 Å². The van der Waals surface area contributed by atoms with E-state index >= 15 is 0 Å². The summed E-state index contributed by atoms with van der Waals surface area (Å²) in [6, 6.07) is 5.56. The SMILES string of the molecule is Cc1ccc(C(=O)CC(=O)OC(C)C)c(C)c1. The number of carbonyl (C=O) groups is 2. The van der Waals surface area contributed by atoms with Crippen LogP contribution in [0.25, 0.3) is 0 Å². The Balaban J connectivity index is 2.73. The molecule has 0 atom stereocenters. The van der Waals surface area contributed by atoms with Gasteiger partial charge in [-0.3, -0.25) is 9.59 Å². The standard InChI is InChI=1S/C14H18O3/c1-9(2)17-14(16)8-13(15)12-6-5-10(3)7-11(12)4/h5-7,9H,8H2,1-4H3. The van der Waals surface area contributed by atoms with Crippen LogP contribution in [0.2, 0.25) is 0 Å². The van der Waals surface area contributed by atoms with Gasteiger partial charge in [0.05, 0.1) is 6.10 Å². The fraction of sp³-hybridized carbons (Fsp3) is 0.429. The molecule has 1 aromatic carbocycles. The van der Waals surface area contributed by atoms with Crippen molar-refractivity contribution in [1.29, 1.82) is 0 Å². The van der Waals surface area contributed by atoms with E-state index in [9.17, 15) is 9.59 Å². The van der Waals surface area contributed by atoms with E-state index in [2.05, 4.69) is 0 Å². The Morgan fingerprint density at radius 1 is 1.24 bits per heavy atom. The maximum atomic E-state index is 11.9. The monoisotopic (exact) mass is 234 g/mol. The zero-order valence-electron chi connectivity index (χ0n) is 10.7. The second kappa shape index (κ2) is 5.62. The molecule has 0 aliphatic heterocycles. The van der Waals surface area contributed by atoms with Crippen LogP contribution in [0.1, 0.15) is 41.8 Å². The Morgan fingerprint density at radius 3 is 2.41 bits per heavy atom. The summed E-state index contributed by atoms with van der Waals surface area (Å²) in [5.41, 5.74) is 2.59. The molecule has 0 amide bonds. The van der Waals surface area contributed by atoms with Crippen LogP contribution in [0, 0.1) is 13.8 Å². The largest absolute Gasteiger partial charge is 0.463 e. The molecule has 1 rings (SSSR count). The van der Waals surface area contributed by atoms with Gasteiger partial charge in [0.25, 0.3) is 0 Å². The van der Waals surface area contributed by atoms with E-state index in [1.807, 2.05) is 26.0 Å². The van der Waals surface area contributed by atoms with E-state index in [4.69, 9.17) is 4.74 Å². The number of hydrogen-bond donors (Lipinski definition) is 0. The van der Waals surface area contributed by atoms with E-state index in [1.54, 1.807) is 19.9 Å². The molecule has 3 heteroatoms. The van der Waals surface area contributed by atoms with Gasteiger partial charge in [0, 0.05) is 5.56 Å². The molecule has 0 saturated carbocycles. The first kappa shape index (κ1) is 13.4. The van der Waals surface area contributed by atoms with Gasteiger partial charge in [0.1, 0.15) is 6.42 Å². The van der Waals surface area contributed by atoms with Crippen LogP contribution in [-0.2, 0) is 9.53 Å². The molecule has 17 heavy (non-hydrogen) atoms. The molecule has 92 valence electrons. The maximum Gasteiger partial charge on any atom is 0.313 e. The molecular weight excluding hydrogens is 216 g/mol. The summed E-state index contributed by atoms with van der Waals surface area (Å²) >= 11 is 0. The third-order valence-corrected chi connectivity index (χ3v) is 2.35. The van der Waals surface area contributed by atoms with Gasteiger partial charge in [0.15, 0.2) is 5.78 Å². The lowest BCUT2D eigenvalue weighted by molar-refractivity contribution is -0.146. The van der Waals surface area contributed by atoms with E-state index in [0.29, 0.717) is 5.56 Å². The van der Waals surface area contributed by atoms with Crippen molar-refractivity contribution in [2.24, 2.45) is 0 Å². The molecular formula is C14H18O3. The lowest BCUT2D eigenvalue weighted by Gasteiger charge is -2.08. The predicted molar refractivity (Wildman–Crippen MR) is 66.1 cm³/mol. The molecule has 0 bridgehead atoms. The lowest BCUT2D eigenvalue weighted by atomic mass is 10.0. The van der Waals surface area contributed by atoms with Crippen LogP contribution >= 0.6 is 0 Å². The number of aryl methyl sites for hydroxylation is 2. The molecule has 0 fully saturated rings. The van der Waals surface area contributed by atoms with Crippen LogP contribution in [0.15, 0.2) is 18.2 Å². The highest BCUT2D eigenvalue weighted by molar-refractivity contribution is 6.06. The molecule has 1 aromatic rings. The van der Waals surface area contributed by atoms with Gasteiger partial charge in [-0.2, -0.15) is 0 Å². The minimum Gasteiger partial charge on any atom is -0.463 e. The van der Waals surface area contributed by atoms with Crippen LogP contribution < -0.4 is 0 Å². The van der Waals surface area contributed by atoms with E-state index in [0.717, 1.165) is 11.1 Å². The topological polar surface area (TPSA) is 43.4 Å². The number of hydrogen-bond acceptors (Lipinski definition) is 3. The second-order valence-electron chi connectivity index (χ2n) is 4.46. The first-order chi connectivity index (χ1) is 7.90. The Morgan fingerprint density at radius 2 is 1.88 bits per heavy atom. The van der Waals surface area contributed by atoms with Crippen LogP contribution in [0.3, 0.4) is 0 Å². The van der Waals surface area contributed by atoms with Crippen molar-refractivity contribution >= 4 is 11.8 Å². The number of benzene rings is 1. The van der Waals surface area contributed by atoms with Crippen LogP contribution in [0.5, 0.6) is 0 Å². The van der Waals surface area contributed by atoms with Crippen molar-refractivity contribution in [2.75, 3.05) is 0 Å². The third-order valence-electron chi connectivity index (χ3n) is 2.35. The van der Waals surface area contributed by atoms with Gasteiger partial charge in [-0.25, -0.2) is 0 Å². The summed E-state index contributed by atoms with van der Waals surface area (Å²) in [5.74, 6) is -0.655. The summed E-state index contributed by atoms with van der Waals surface area (Å²) in [6.45, 7) is 7.36. The number of ether oxygens (including phenoxy) is 1. The quantitative estimate of drug-likeness (QED) is 0.457. The molecule has 0 aliphatic rings. The van der Waals surface area contributed by atoms with Crippen molar-refractivity contribution in [2.45, 2.75) is 40.2 Å². The summed E-state index contributed by atoms with van der Waals surface area (Å²) in [5, 5.41) is 0. The molecule has 0 unspecified atom stereocenters. The van der Waals surface area contributed by atoms with Crippen molar-refractivity contribution in [1.82, 2.24) is 0 Å². The number of carbonyl (C=O) groups excluding carboxylic acids is 2. The van der Waals surface area contributed by atoms with Gasteiger partial charge >= 0.3 is 5.97 Å². The third kappa shape index (κ3) is 4.02. The second-order valence-corrected chi connectivity index (χ2v) is 4.46. The fourth-order valence-corrected chi connectivity index (χ4v) is 1.66. The normalized spacial score (nSPS) is 10.4. The zero-order valence-corrected chi connectivity index (χ0v) is 10.7. The molecule has 0 saturated heterocycles. The van der Waals surface area contributed by atoms with E-state index < -0.39 is 5.97 Å². The molecule has 0 aromatic heterocycles. The number of rotatable bonds is 4. The summed E-state index contributed by atoms with van der Waals surface area (Å²) in [7, 11) is 0. The van der Waals surface area contributed by atoms with E-state index in [-0.39, 0.29) is 18.3 Å². The number of Topliss-reactive ketones (excluding diaryl/α,β-unsaturated/α-hetero) is 1. The number of ketones is 1. The first-order valence-corrected chi connectivity index (χ1v) is 5.70. The highest BCUT2D eigenvalue weighted by Crippen LogP contribution is 2.13. The van der Waals surface area contributed by atoms with Gasteiger partial charge < -0.3 is 4.74 Å². The summed E-state index contributed by atoms with van der Waals surface area (Å²) in [6.07, 6.45) is -0.378. The summed E-state index contributed by atoms with van der Waals surface area (Å²) in [4.78, 5) is 23.2.